The number of hydrogen-bond donors (Lipinski definition) is 1. The van der Waals surface area contributed by atoms with E-state index in [-0.39, 0.29) is 12.5 Å². The SMILES string of the molecule is CC(C)OC(Cc1ccc(Cl)cc1Cl)C(=O)O. The van der Waals surface area contributed by atoms with Crippen molar-refractivity contribution >= 4 is 29.2 Å². The Morgan fingerprint density at radius 2 is 2.06 bits per heavy atom. The molecule has 3 nitrogen and oxygen atoms in total. The molecule has 0 aliphatic rings. The van der Waals surface area contributed by atoms with Crippen molar-refractivity contribution in [2.24, 2.45) is 0 Å². The molecule has 0 spiro atoms. The monoisotopic (exact) mass is 276 g/mol. The molecule has 0 fully saturated rings. The Morgan fingerprint density at radius 1 is 1.41 bits per heavy atom. The third kappa shape index (κ3) is 4.54. The zero-order chi connectivity index (χ0) is 13.0. The minimum atomic E-state index is -0.996. The Kier molecular flexibility index (Phi) is 5.25. The van der Waals surface area contributed by atoms with Gasteiger partial charge in [0.15, 0.2) is 6.10 Å². The molecule has 1 unspecified atom stereocenters. The standard InChI is InChI=1S/C12H14Cl2O3/c1-7(2)17-11(12(15)16)5-8-3-4-9(13)6-10(8)14/h3-4,6-7,11H,5H2,1-2H3,(H,15,16). The molecule has 94 valence electrons. The number of rotatable bonds is 5. The van der Waals surface area contributed by atoms with Gasteiger partial charge in [0.05, 0.1) is 6.10 Å². The van der Waals surface area contributed by atoms with Crippen molar-refractivity contribution in [2.45, 2.75) is 32.5 Å². The highest BCUT2D eigenvalue weighted by atomic mass is 35.5. The molecule has 1 atom stereocenters. The Morgan fingerprint density at radius 3 is 2.53 bits per heavy atom. The van der Waals surface area contributed by atoms with Crippen LogP contribution in [0.2, 0.25) is 10.0 Å². The zero-order valence-corrected chi connectivity index (χ0v) is 11.1. The first-order valence-electron chi connectivity index (χ1n) is 5.22. The predicted octanol–water partition coefficient (Wildman–Crippen LogP) is 3.41. The topological polar surface area (TPSA) is 46.5 Å². The molecule has 5 heteroatoms. The Labute approximate surface area is 110 Å². The third-order valence-corrected chi connectivity index (χ3v) is 2.72. The van der Waals surface area contributed by atoms with Gasteiger partial charge in [0.25, 0.3) is 0 Å². The summed E-state index contributed by atoms with van der Waals surface area (Å²) in [7, 11) is 0. The molecule has 1 rings (SSSR count). The summed E-state index contributed by atoms with van der Waals surface area (Å²) in [5.41, 5.74) is 0.712. The third-order valence-electron chi connectivity index (χ3n) is 2.13. The highest BCUT2D eigenvalue weighted by Crippen LogP contribution is 2.23. The fourth-order valence-corrected chi connectivity index (χ4v) is 1.89. The predicted molar refractivity (Wildman–Crippen MR) is 67.8 cm³/mol. The summed E-state index contributed by atoms with van der Waals surface area (Å²) < 4.78 is 5.31. The summed E-state index contributed by atoms with van der Waals surface area (Å²) >= 11 is 11.8. The van der Waals surface area contributed by atoms with Crippen molar-refractivity contribution in [1.82, 2.24) is 0 Å². The Bertz CT molecular complexity index is 405. The fraction of sp³-hybridized carbons (Fsp3) is 0.417. The molecule has 0 heterocycles. The summed E-state index contributed by atoms with van der Waals surface area (Å²) in [6, 6.07) is 4.98. The van der Waals surface area contributed by atoms with Gasteiger partial charge in [-0.1, -0.05) is 29.3 Å². The van der Waals surface area contributed by atoms with E-state index in [2.05, 4.69) is 0 Å². The smallest absolute Gasteiger partial charge is 0.333 e. The summed E-state index contributed by atoms with van der Waals surface area (Å²) in [5.74, 6) is -0.996. The number of aliphatic carboxylic acids is 1. The summed E-state index contributed by atoms with van der Waals surface area (Å²) in [6.07, 6.45) is -0.820. The van der Waals surface area contributed by atoms with Crippen molar-refractivity contribution in [3.05, 3.63) is 33.8 Å². The number of ether oxygens (including phenoxy) is 1. The maximum Gasteiger partial charge on any atom is 0.333 e. The summed E-state index contributed by atoms with van der Waals surface area (Å²) in [4.78, 5) is 11.0. The second kappa shape index (κ2) is 6.24. The van der Waals surface area contributed by atoms with Gasteiger partial charge in [-0.3, -0.25) is 0 Å². The average molecular weight is 277 g/mol. The van der Waals surface area contributed by atoms with Gasteiger partial charge in [0.2, 0.25) is 0 Å². The molecule has 0 aliphatic carbocycles. The van der Waals surface area contributed by atoms with Gasteiger partial charge >= 0.3 is 5.97 Å². The first kappa shape index (κ1) is 14.3. The lowest BCUT2D eigenvalue weighted by molar-refractivity contribution is -0.153. The van der Waals surface area contributed by atoms with Crippen molar-refractivity contribution in [2.75, 3.05) is 0 Å². The average Bonchev–Trinajstić information content (AvgIpc) is 2.19. The fourth-order valence-electron chi connectivity index (χ4n) is 1.41. The lowest BCUT2D eigenvalue weighted by atomic mass is 10.1. The van der Waals surface area contributed by atoms with E-state index < -0.39 is 12.1 Å². The maximum atomic E-state index is 11.0. The lowest BCUT2D eigenvalue weighted by Gasteiger charge is -2.17. The first-order valence-corrected chi connectivity index (χ1v) is 5.98. The molecule has 0 aliphatic heterocycles. The van der Waals surface area contributed by atoms with Crippen LogP contribution in [0.25, 0.3) is 0 Å². The summed E-state index contributed by atoms with van der Waals surface area (Å²) in [6.45, 7) is 3.58. The molecule has 0 radical (unpaired) electrons. The second-order valence-corrected chi connectivity index (χ2v) is 4.80. The number of hydrogen-bond acceptors (Lipinski definition) is 2. The normalized spacial score (nSPS) is 12.8. The van der Waals surface area contributed by atoms with E-state index in [4.69, 9.17) is 33.0 Å². The highest BCUT2D eigenvalue weighted by Gasteiger charge is 2.21. The van der Waals surface area contributed by atoms with Gasteiger partial charge in [-0.25, -0.2) is 4.79 Å². The van der Waals surface area contributed by atoms with E-state index >= 15 is 0 Å². The van der Waals surface area contributed by atoms with Gasteiger partial charge in [-0.05, 0) is 31.5 Å². The van der Waals surface area contributed by atoms with E-state index in [9.17, 15) is 4.79 Å². The molecule has 0 amide bonds. The van der Waals surface area contributed by atoms with Crippen LogP contribution < -0.4 is 0 Å². The maximum absolute atomic E-state index is 11.0. The quantitative estimate of drug-likeness (QED) is 0.897. The first-order chi connectivity index (χ1) is 7.90. The second-order valence-electron chi connectivity index (χ2n) is 3.95. The molecule has 0 bridgehead atoms. The Balaban J connectivity index is 2.82. The van der Waals surface area contributed by atoms with E-state index in [0.29, 0.717) is 15.6 Å². The summed E-state index contributed by atoms with van der Waals surface area (Å²) in [5, 5.41) is 10.0. The molecule has 0 saturated carbocycles. The van der Waals surface area contributed by atoms with Gasteiger partial charge < -0.3 is 9.84 Å². The molecule has 0 saturated heterocycles. The molecule has 1 aromatic carbocycles. The molecular formula is C12H14Cl2O3. The van der Waals surface area contributed by atoms with Crippen LogP contribution in [0.15, 0.2) is 18.2 Å². The molecule has 1 aromatic rings. The van der Waals surface area contributed by atoms with Crippen LogP contribution in [0, 0.1) is 0 Å². The number of halogens is 2. The van der Waals surface area contributed by atoms with Crippen LogP contribution in [-0.4, -0.2) is 23.3 Å². The van der Waals surface area contributed by atoms with Gasteiger partial charge in [0, 0.05) is 16.5 Å². The van der Waals surface area contributed by atoms with Gasteiger partial charge in [-0.15, -0.1) is 0 Å². The van der Waals surface area contributed by atoms with Crippen LogP contribution in [0.4, 0.5) is 0 Å². The van der Waals surface area contributed by atoms with Crippen LogP contribution in [0.1, 0.15) is 19.4 Å². The zero-order valence-electron chi connectivity index (χ0n) is 9.61. The Hall–Kier alpha value is -0.770. The van der Waals surface area contributed by atoms with Crippen LogP contribution in [-0.2, 0) is 16.0 Å². The van der Waals surface area contributed by atoms with Gasteiger partial charge in [0.1, 0.15) is 0 Å². The highest BCUT2D eigenvalue weighted by molar-refractivity contribution is 6.35. The number of carboxylic acid groups (broad SMARTS) is 1. The molecule has 17 heavy (non-hydrogen) atoms. The molecule has 1 N–H and O–H groups in total. The number of carboxylic acids is 1. The largest absolute Gasteiger partial charge is 0.479 e. The molecular weight excluding hydrogens is 263 g/mol. The van der Waals surface area contributed by atoms with E-state index in [1.165, 1.54) is 0 Å². The number of benzene rings is 1. The van der Waals surface area contributed by atoms with Crippen LogP contribution >= 0.6 is 23.2 Å². The molecule has 0 aromatic heterocycles. The number of carbonyl (C=O) groups is 1. The lowest BCUT2D eigenvalue weighted by Crippen LogP contribution is -2.29. The van der Waals surface area contributed by atoms with E-state index in [1.54, 1.807) is 32.0 Å². The minimum Gasteiger partial charge on any atom is -0.479 e. The van der Waals surface area contributed by atoms with Crippen molar-refractivity contribution in [3.8, 4) is 0 Å². The van der Waals surface area contributed by atoms with Crippen molar-refractivity contribution < 1.29 is 14.6 Å². The van der Waals surface area contributed by atoms with Crippen LogP contribution in [0.3, 0.4) is 0 Å². The van der Waals surface area contributed by atoms with Gasteiger partial charge in [-0.2, -0.15) is 0 Å². The van der Waals surface area contributed by atoms with Crippen molar-refractivity contribution in [3.63, 3.8) is 0 Å². The van der Waals surface area contributed by atoms with Crippen molar-refractivity contribution in [1.29, 1.82) is 0 Å². The van der Waals surface area contributed by atoms with E-state index in [1.807, 2.05) is 0 Å². The van der Waals surface area contributed by atoms with Crippen LogP contribution in [0.5, 0.6) is 0 Å². The minimum absolute atomic E-state index is 0.151. The van der Waals surface area contributed by atoms with E-state index in [0.717, 1.165) is 0 Å².